The number of thiazole rings is 1. The molecule has 1 saturated carbocycles. The lowest BCUT2D eigenvalue weighted by Gasteiger charge is -2.13. The lowest BCUT2D eigenvalue weighted by atomic mass is 10.3. The Hall–Kier alpha value is -0.690. The molecule has 0 aromatic carbocycles. The molecule has 3 rings (SSSR count). The molecule has 0 spiro atoms. The highest BCUT2D eigenvalue weighted by Crippen LogP contribution is 2.27. The second kappa shape index (κ2) is 5.75. The van der Waals surface area contributed by atoms with Gasteiger partial charge < -0.3 is 19.7 Å². The molecule has 106 valence electrons. The van der Waals surface area contributed by atoms with E-state index in [1.807, 2.05) is 0 Å². The molecule has 0 bridgehead atoms. The molecule has 1 aromatic rings. The molecule has 2 heterocycles. The van der Waals surface area contributed by atoms with Crippen LogP contribution in [0.15, 0.2) is 5.38 Å². The van der Waals surface area contributed by atoms with E-state index in [1.165, 1.54) is 12.8 Å². The molecule has 19 heavy (non-hydrogen) atoms. The van der Waals surface area contributed by atoms with Crippen molar-refractivity contribution >= 4 is 16.5 Å². The first-order valence-electron chi connectivity index (χ1n) is 6.78. The summed E-state index contributed by atoms with van der Waals surface area (Å²) in [4.78, 5) is 6.96. The first-order valence-corrected chi connectivity index (χ1v) is 7.66. The van der Waals surface area contributed by atoms with Crippen LogP contribution in [0.5, 0.6) is 0 Å². The normalized spacial score (nSPS) is 27.2. The SMILES string of the molecule is COC1CN(c2nc(CNC3CC3)cs2)CC1OC. The number of nitrogens with zero attached hydrogens (tertiary/aromatic N) is 2. The zero-order valence-electron chi connectivity index (χ0n) is 11.5. The van der Waals surface area contributed by atoms with E-state index in [0.717, 1.165) is 36.5 Å². The summed E-state index contributed by atoms with van der Waals surface area (Å²) in [7, 11) is 3.49. The largest absolute Gasteiger partial charge is 0.377 e. The minimum atomic E-state index is 0.141. The molecule has 0 amide bonds. The Morgan fingerprint density at radius 2 is 2.00 bits per heavy atom. The van der Waals surface area contributed by atoms with Gasteiger partial charge in [0.1, 0.15) is 12.2 Å². The van der Waals surface area contributed by atoms with Gasteiger partial charge in [0.05, 0.1) is 5.69 Å². The summed E-state index contributed by atoms with van der Waals surface area (Å²) in [6.45, 7) is 2.60. The van der Waals surface area contributed by atoms with Crippen molar-refractivity contribution in [3.8, 4) is 0 Å². The maximum Gasteiger partial charge on any atom is 0.185 e. The van der Waals surface area contributed by atoms with E-state index >= 15 is 0 Å². The van der Waals surface area contributed by atoms with Crippen LogP contribution < -0.4 is 10.2 Å². The van der Waals surface area contributed by atoms with Gasteiger partial charge in [-0.3, -0.25) is 0 Å². The highest BCUT2D eigenvalue weighted by Gasteiger charge is 2.34. The van der Waals surface area contributed by atoms with E-state index in [1.54, 1.807) is 25.6 Å². The second-order valence-electron chi connectivity index (χ2n) is 5.23. The topological polar surface area (TPSA) is 46.6 Å². The maximum atomic E-state index is 5.46. The summed E-state index contributed by atoms with van der Waals surface area (Å²) in [6.07, 6.45) is 2.91. The van der Waals surface area contributed by atoms with Crippen molar-refractivity contribution in [2.75, 3.05) is 32.2 Å². The van der Waals surface area contributed by atoms with E-state index in [0.29, 0.717) is 0 Å². The Balaban J connectivity index is 1.59. The molecule has 1 aromatic heterocycles. The summed E-state index contributed by atoms with van der Waals surface area (Å²) < 4.78 is 10.9. The van der Waals surface area contributed by atoms with E-state index < -0.39 is 0 Å². The number of methoxy groups -OCH3 is 2. The molecule has 5 nitrogen and oxygen atoms in total. The average molecular weight is 283 g/mol. The van der Waals surface area contributed by atoms with Crippen LogP contribution in [0.2, 0.25) is 0 Å². The molecule has 2 fully saturated rings. The summed E-state index contributed by atoms with van der Waals surface area (Å²) in [5, 5.41) is 6.72. The molecule has 1 N–H and O–H groups in total. The lowest BCUT2D eigenvalue weighted by Crippen LogP contribution is -2.27. The molecule has 6 heteroatoms. The number of anilines is 1. The van der Waals surface area contributed by atoms with Crippen LogP contribution >= 0.6 is 11.3 Å². The standard InChI is InChI=1S/C13H21N3O2S/c1-17-11-6-16(7-12(11)18-2)13-15-10(8-19-13)5-14-9-3-4-9/h8-9,11-12,14H,3-7H2,1-2H3. The van der Waals surface area contributed by atoms with Crippen molar-refractivity contribution in [1.82, 2.24) is 10.3 Å². The fourth-order valence-electron chi connectivity index (χ4n) is 2.41. The first kappa shape index (κ1) is 13.3. The summed E-state index contributed by atoms with van der Waals surface area (Å²) in [6, 6.07) is 0.729. The van der Waals surface area contributed by atoms with Gasteiger partial charge in [-0.2, -0.15) is 0 Å². The van der Waals surface area contributed by atoms with E-state index in [-0.39, 0.29) is 12.2 Å². The average Bonchev–Trinajstić information content (AvgIpc) is 2.99. The van der Waals surface area contributed by atoms with Crippen LogP contribution in [0.3, 0.4) is 0 Å². The van der Waals surface area contributed by atoms with Crippen LogP contribution in [0.4, 0.5) is 5.13 Å². The molecule has 1 saturated heterocycles. The molecule has 2 aliphatic rings. The van der Waals surface area contributed by atoms with Gasteiger partial charge in [0.25, 0.3) is 0 Å². The highest BCUT2D eigenvalue weighted by atomic mass is 32.1. The van der Waals surface area contributed by atoms with Gasteiger partial charge in [-0.05, 0) is 12.8 Å². The van der Waals surface area contributed by atoms with E-state index in [9.17, 15) is 0 Å². The summed E-state index contributed by atoms with van der Waals surface area (Å²) in [5.74, 6) is 0. The van der Waals surface area contributed by atoms with Gasteiger partial charge in [0.2, 0.25) is 0 Å². The third kappa shape index (κ3) is 3.08. The van der Waals surface area contributed by atoms with Gasteiger partial charge in [0, 0.05) is 45.3 Å². The van der Waals surface area contributed by atoms with Crippen molar-refractivity contribution < 1.29 is 9.47 Å². The zero-order chi connectivity index (χ0) is 13.2. The Bertz CT molecular complexity index is 410. The number of hydrogen-bond acceptors (Lipinski definition) is 6. The lowest BCUT2D eigenvalue weighted by molar-refractivity contribution is -0.00461. The van der Waals surface area contributed by atoms with Crippen LogP contribution in [0, 0.1) is 0 Å². The number of aromatic nitrogens is 1. The molecule has 2 atom stereocenters. The predicted octanol–water partition coefficient (Wildman–Crippen LogP) is 1.25. The van der Waals surface area contributed by atoms with E-state index in [4.69, 9.17) is 14.5 Å². The van der Waals surface area contributed by atoms with Crippen LogP contribution in [0.25, 0.3) is 0 Å². The van der Waals surface area contributed by atoms with E-state index in [2.05, 4.69) is 15.6 Å². The van der Waals surface area contributed by atoms with Crippen molar-refractivity contribution in [3.05, 3.63) is 11.1 Å². The smallest absolute Gasteiger partial charge is 0.185 e. The van der Waals surface area contributed by atoms with Crippen LogP contribution in [-0.2, 0) is 16.0 Å². The Kier molecular flexibility index (Phi) is 4.02. The first-order chi connectivity index (χ1) is 9.30. The van der Waals surface area contributed by atoms with Crippen molar-refractivity contribution in [2.24, 2.45) is 0 Å². The highest BCUT2D eigenvalue weighted by molar-refractivity contribution is 7.13. The Morgan fingerprint density at radius 3 is 2.58 bits per heavy atom. The Morgan fingerprint density at radius 1 is 1.32 bits per heavy atom. The van der Waals surface area contributed by atoms with Crippen molar-refractivity contribution in [1.29, 1.82) is 0 Å². The quantitative estimate of drug-likeness (QED) is 0.851. The third-order valence-electron chi connectivity index (χ3n) is 3.78. The number of rotatable bonds is 6. The molecule has 2 unspecified atom stereocenters. The van der Waals surface area contributed by atoms with Gasteiger partial charge >= 0.3 is 0 Å². The van der Waals surface area contributed by atoms with Gasteiger partial charge in [-0.25, -0.2) is 4.98 Å². The predicted molar refractivity (Wildman–Crippen MR) is 75.8 cm³/mol. The molecular weight excluding hydrogens is 262 g/mol. The summed E-state index contributed by atoms with van der Waals surface area (Å²) in [5.41, 5.74) is 1.14. The second-order valence-corrected chi connectivity index (χ2v) is 6.07. The monoisotopic (exact) mass is 283 g/mol. The molecule has 1 aliphatic carbocycles. The molecular formula is C13H21N3O2S. The third-order valence-corrected chi connectivity index (χ3v) is 4.73. The van der Waals surface area contributed by atoms with Gasteiger partial charge in [-0.15, -0.1) is 11.3 Å². The minimum absolute atomic E-state index is 0.141. The van der Waals surface area contributed by atoms with Crippen molar-refractivity contribution in [3.63, 3.8) is 0 Å². The molecule has 1 aliphatic heterocycles. The fraction of sp³-hybridized carbons (Fsp3) is 0.769. The van der Waals surface area contributed by atoms with Crippen LogP contribution in [0.1, 0.15) is 18.5 Å². The van der Waals surface area contributed by atoms with Gasteiger partial charge in [-0.1, -0.05) is 0 Å². The summed E-state index contributed by atoms with van der Waals surface area (Å²) >= 11 is 1.71. The van der Waals surface area contributed by atoms with Crippen molar-refractivity contribution in [2.45, 2.75) is 37.6 Å². The van der Waals surface area contributed by atoms with Gasteiger partial charge in [0.15, 0.2) is 5.13 Å². The maximum absolute atomic E-state index is 5.46. The number of hydrogen-bond donors (Lipinski definition) is 1. The minimum Gasteiger partial charge on any atom is -0.377 e. The zero-order valence-corrected chi connectivity index (χ0v) is 12.3. The number of ether oxygens (including phenoxy) is 2. The van der Waals surface area contributed by atoms with Crippen LogP contribution in [-0.4, -0.2) is 50.5 Å². The Labute approximate surface area is 117 Å². The number of nitrogens with one attached hydrogen (secondary N) is 1. The molecule has 0 radical (unpaired) electrons. The fourth-order valence-corrected chi connectivity index (χ4v) is 3.26.